The van der Waals surface area contributed by atoms with Crippen molar-refractivity contribution in [3.05, 3.63) is 29.8 Å². The van der Waals surface area contributed by atoms with Gasteiger partial charge >= 0.3 is 6.09 Å². The van der Waals surface area contributed by atoms with E-state index in [1.165, 1.54) is 0 Å². The minimum atomic E-state index is -0.519. The molecule has 104 valence electrons. The third-order valence-electron chi connectivity index (χ3n) is 3.43. The van der Waals surface area contributed by atoms with E-state index in [-0.39, 0.29) is 12.1 Å². The molecule has 0 unspecified atom stereocenters. The fourth-order valence-electron chi connectivity index (χ4n) is 2.43. The van der Waals surface area contributed by atoms with Crippen LogP contribution in [0.2, 0.25) is 0 Å². The summed E-state index contributed by atoms with van der Waals surface area (Å²) < 4.78 is 5.49. The summed E-state index contributed by atoms with van der Waals surface area (Å²) in [6.07, 6.45) is -0.349. The van der Waals surface area contributed by atoms with Gasteiger partial charge in [0.2, 0.25) is 0 Å². The lowest BCUT2D eigenvalue weighted by Crippen LogP contribution is -2.51. The summed E-state index contributed by atoms with van der Waals surface area (Å²) >= 11 is 0. The molecule has 0 saturated carbocycles. The Balaban J connectivity index is 2.42. The summed E-state index contributed by atoms with van der Waals surface area (Å²) in [5.74, 6) is 0. The lowest BCUT2D eigenvalue weighted by atomic mass is 9.94. The van der Waals surface area contributed by atoms with Crippen molar-refractivity contribution >= 4 is 11.8 Å². The maximum absolute atomic E-state index is 12.4. The van der Waals surface area contributed by atoms with Crippen LogP contribution in [-0.2, 0) is 4.74 Å². The number of ether oxygens (including phenoxy) is 1. The number of carbonyl (C=O) groups excluding carboxylic acids is 1. The van der Waals surface area contributed by atoms with Crippen molar-refractivity contribution in [3.8, 4) is 0 Å². The Kier molecular flexibility index (Phi) is 3.09. The number of hydrogen-bond acceptors (Lipinski definition) is 3. The molecule has 0 radical (unpaired) electrons. The Morgan fingerprint density at radius 2 is 1.89 bits per heavy atom. The Labute approximate surface area is 114 Å². The van der Waals surface area contributed by atoms with E-state index in [4.69, 9.17) is 10.5 Å². The van der Waals surface area contributed by atoms with Gasteiger partial charge in [0.1, 0.15) is 5.60 Å². The predicted molar refractivity (Wildman–Crippen MR) is 76.2 cm³/mol. The largest absolute Gasteiger partial charge is 0.443 e. The van der Waals surface area contributed by atoms with E-state index in [1.54, 1.807) is 4.90 Å². The number of benzene rings is 1. The first-order chi connectivity index (χ1) is 8.64. The SMILES string of the molecule is CC(C)(C)OC(=O)N1c2ccccc2[C@@H](N)C1(C)C. The molecule has 1 heterocycles. The van der Waals surface area contributed by atoms with Crippen LogP contribution in [0.3, 0.4) is 0 Å². The van der Waals surface area contributed by atoms with Crippen LogP contribution in [0.25, 0.3) is 0 Å². The van der Waals surface area contributed by atoms with Crippen LogP contribution in [-0.4, -0.2) is 17.2 Å². The summed E-state index contributed by atoms with van der Waals surface area (Å²) in [4.78, 5) is 14.1. The Bertz CT molecular complexity index is 503. The standard InChI is InChI=1S/C15H22N2O2/c1-14(2,3)19-13(18)17-11-9-7-6-8-10(11)12(16)15(17,4)5/h6-9,12H,16H2,1-5H3/t12-/m1/s1. The third-order valence-corrected chi connectivity index (χ3v) is 3.43. The minimum absolute atomic E-state index is 0.212. The topological polar surface area (TPSA) is 55.6 Å². The highest BCUT2D eigenvalue weighted by molar-refractivity contribution is 5.93. The monoisotopic (exact) mass is 262 g/mol. The second-order valence-electron chi connectivity index (χ2n) is 6.51. The summed E-state index contributed by atoms with van der Waals surface area (Å²) in [6.45, 7) is 9.50. The van der Waals surface area contributed by atoms with Crippen molar-refractivity contribution in [2.45, 2.75) is 51.8 Å². The highest BCUT2D eigenvalue weighted by Crippen LogP contribution is 2.45. The van der Waals surface area contributed by atoms with Gasteiger partial charge in [0.05, 0.1) is 17.3 Å². The van der Waals surface area contributed by atoms with Gasteiger partial charge in [-0.15, -0.1) is 0 Å². The van der Waals surface area contributed by atoms with Crippen LogP contribution >= 0.6 is 0 Å². The maximum Gasteiger partial charge on any atom is 0.415 e. The Morgan fingerprint density at radius 1 is 1.32 bits per heavy atom. The molecule has 4 nitrogen and oxygen atoms in total. The third kappa shape index (κ3) is 2.32. The molecule has 0 aliphatic carbocycles. The first kappa shape index (κ1) is 13.9. The molecule has 2 rings (SSSR count). The zero-order valence-electron chi connectivity index (χ0n) is 12.2. The molecule has 19 heavy (non-hydrogen) atoms. The van der Waals surface area contributed by atoms with Crippen molar-refractivity contribution in [2.24, 2.45) is 5.73 Å². The van der Waals surface area contributed by atoms with E-state index in [0.717, 1.165) is 11.3 Å². The number of nitrogens with zero attached hydrogens (tertiary/aromatic N) is 1. The highest BCUT2D eigenvalue weighted by atomic mass is 16.6. The van der Waals surface area contributed by atoms with Crippen molar-refractivity contribution in [1.82, 2.24) is 0 Å². The van der Waals surface area contributed by atoms with Gasteiger partial charge in [-0.25, -0.2) is 4.79 Å². The molecular formula is C15H22N2O2. The zero-order chi connectivity index (χ0) is 14.4. The van der Waals surface area contributed by atoms with Gasteiger partial charge in [-0.05, 0) is 46.2 Å². The smallest absolute Gasteiger partial charge is 0.415 e. The first-order valence-corrected chi connectivity index (χ1v) is 6.52. The minimum Gasteiger partial charge on any atom is -0.443 e. The zero-order valence-corrected chi connectivity index (χ0v) is 12.2. The van der Waals surface area contributed by atoms with E-state index in [1.807, 2.05) is 58.9 Å². The number of nitrogens with two attached hydrogens (primary N) is 1. The fraction of sp³-hybridized carbons (Fsp3) is 0.533. The number of rotatable bonds is 0. The molecule has 1 aliphatic rings. The molecule has 0 aromatic heterocycles. The average molecular weight is 262 g/mol. The Morgan fingerprint density at radius 3 is 2.47 bits per heavy atom. The fourth-order valence-corrected chi connectivity index (χ4v) is 2.43. The van der Waals surface area contributed by atoms with Gasteiger partial charge in [0.25, 0.3) is 0 Å². The van der Waals surface area contributed by atoms with E-state index >= 15 is 0 Å². The number of hydrogen-bond donors (Lipinski definition) is 1. The summed E-state index contributed by atoms with van der Waals surface area (Å²) in [5.41, 5.74) is 7.08. The number of amides is 1. The van der Waals surface area contributed by atoms with Crippen molar-refractivity contribution in [1.29, 1.82) is 0 Å². The number of para-hydroxylation sites is 1. The molecule has 0 saturated heterocycles. The lowest BCUT2D eigenvalue weighted by Gasteiger charge is -2.35. The van der Waals surface area contributed by atoms with Crippen LogP contribution in [0, 0.1) is 0 Å². The second-order valence-corrected chi connectivity index (χ2v) is 6.51. The molecule has 1 amide bonds. The van der Waals surface area contributed by atoms with Gasteiger partial charge in [-0.2, -0.15) is 0 Å². The average Bonchev–Trinajstić information content (AvgIpc) is 2.45. The van der Waals surface area contributed by atoms with Crippen LogP contribution in [0.15, 0.2) is 24.3 Å². The maximum atomic E-state index is 12.4. The molecule has 0 spiro atoms. The highest BCUT2D eigenvalue weighted by Gasteiger charge is 2.47. The number of fused-ring (bicyclic) bond motifs is 1. The Hall–Kier alpha value is -1.55. The molecule has 0 fully saturated rings. The van der Waals surface area contributed by atoms with Gasteiger partial charge in [0.15, 0.2) is 0 Å². The molecule has 1 aromatic rings. The second kappa shape index (κ2) is 4.23. The first-order valence-electron chi connectivity index (χ1n) is 6.52. The van der Waals surface area contributed by atoms with Gasteiger partial charge in [0, 0.05) is 0 Å². The van der Waals surface area contributed by atoms with E-state index in [9.17, 15) is 4.79 Å². The quantitative estimate of drug-likeness (QED) is 0.781. The predicted octanol–water partition coefficient (Wildman–Crippen LogP) is 3.22. The van der Waals surface area contributed by atoms with E-state index < -0.39 is 11.1 Å². The molecule has 1 aromatic carbocycles. The molecule has 1 aliphatic heterocycles. The van der Waals surface area contributed by atoms with Gasteiger partial charge < -0.3 is 10.5 Å². The van der Waals surface area contributed by atoms with E-state index in [0.29, 0.717) is 0 Å². The van der Waals surface area contributed by atoms with E-state index in [2.05, 4.69) is 0 Å². The lowest BCUT2D eigenvalue weighted by molar-refractivity contribution is 0.0545. The van der Waals surface area contributed by atoms with Crippen molar-refractivity contribution in [2.75, 3.05) is 4.90 Å². The van der Waals surface area contributed by atoms with Crippen LogP contribution in [0.1, 0.15) is 46.2 Å². The molecule has 2 N–H and O–H groups in total. The van der Waals surface area contributed by atoms with Crippen LogP contribution < -0.4 is 10.6 Å². The number of carbonyl (C=O) groups is 1. The van der Waals surface area contributed by atoms with Crippen molar-refractivity contribution in [3.63, 3.8) is 0 Å². The van der Waals surface area contributed by atoms with Crippen molar-refractivity contribution < 1.29 is 9.53 Å². The van der Waals surface area contributed by atoms with Gasteiger partial charge in [-0.1, -0.05) is 18.2 Å². The normalized spacial score (nSPS) is 21.2. The molecular weight excluding hydrogens is 240 g/mol. The van der Waals surface area contributed by atoms with Crippen LogP contribution in [0.4, 0.5) is 10.5 Å². The molecule has 4 heteroatoms. The van der Waals surface area contributed by atoms with Crippen LogP contribution in [0.5, 0.6) is 0 Å². The number of anilines is 1. The molecule has 0 bridgehead atoms. The molecule has 1 atom stereocenters. The summed E-state index contributed by atoms with van der Waals surface area (Å²) in [7, 11) is 0. The summed E-state index contributed by atoms with van der Waals surface area (Å²) in [5, 5.41) is 0. The van der Waals surface area contributed by atoms with Gasteiger partial charge in [-0.3, -0.25) is 4.90 Å². The summed E-state index contributed by atoms with van der Waals surface area (Å²) in [6, 6.07) is 7.51.